The van der Waals surface area contributed by atoms with Gasteiger partial charge in [-0.05, 0) is 11.5 Å². The molecule has 5 heteroatoms. The van der Waals surface area contributed by atoms with Crippen molar-refractivity contribution < 1.29 is 4.92 Å². The zero-order valence-electron chi connectivity index (χ0n) is 9.87. The van der Waals surface area contributed by atoms with Gasteiger partial charge < -0.3 is 5.73 Å². The fourth-order valence-corrected chi connectivity index (χ4v) is 2.21. The van der Waals surface area contributed by atoms with E-state index >= 15 is 0 Å². The Balaban J connectivity index is 1.98. The Morgan fingerprint density at radius 3 is 2.53 bits per heavy atom. The van der Waals surface area contributed by atoms with Crippen LogP contribution in [-0.2, 0) is 6.54 Å². The minimum atomic E-state index is -0.377. The van der Waals surface area contributed by atoms with E-state index in [1.807, 2.05) is 12.1 Å². The van der Waals surface area contributed by atoms with Gasteiger partial charge in [0, 0.05) is 37.8 Å². The van der Waals surface area contributed by atoms with Gasteiger partial charge in [0.05, 0.1) is 4.92 Å². The maximum atomic E-state index is 10.5. The molecule has 2 atom stereocenters. The van der Waals surface area contributed by atoms with E-state index in [1.165, 1.54) is 0 Å². The molecule has 0 aliphatic carbocycles. The fourth-order valence-electron chi connectivity index (χ4n) is 2.21. The second-order valence-electron chi connectivity index (χ2n) is 4.76. The summed E-state index contributed by atoms with van der Waals surface area (Å²) in [5.74, 6) is 0.521. The maximum absolute atomic E-state index is 10.5. The van der Waals surface area contributed by atoms with Crippen molar-refractivity contribution in [1.82, 2.24) is 4.90 Å². The van der Waals surface area contributed by atoms with Gasteiger partial charge in [-0.3, -0.25) is 15.0 Å². The molecule has 0 bridgehead atoms. The molecule has 0 amide bonds. The lowest BCUT2D eigenvalue weighted by atomic mass is 10.1. The van der Waals surface area contributed by atoms with Gasteiger partial charge in [0.2, 0.25) is 0 Å². The zero-order valence-corrected chi connectivity index (χ0v) is 9.87. The van der Waals surface area contributed by atoms with Gasteiger partial charge in [-0.1, -0.05) is 19.1 Å². The molecule has 1 aromatic rings. The van der Waals surface area contributed by atoms with Crippen LogP contribution in [0.4, 0.5) is 5.69 Å². The van der Waals surface area contributed by atoms with Gasteiger partial charge in [-0.25, -0.2) is 0 Å². The second-order valence-corrected chi connectivity index (χ2v) is 4.76. The second kappa shape index (κ2) is 4.81. The molecule has 2 N–H and O–H groups in total. The van der Waals surface area contributed by atoms with Crippen LogP contribution in [0.1, 0.15) is 12.5 Å². The summed E-state index contributed by atoms with van der Waals surface area (Å²) in [5, 5.41) is 10.5. The summed E-state index contributed by atoms with van der Waals surface area (Å²) in [4.78, 5) is 12.4. The van der Waals surface area contributed by atoms with Crippen LogP contribution in [0.3, 0.4) is 0 Å². The van der Waals surface area contributed by atoms with E-state index in [0.29, 0.717) is 5.92 Å². The Hall–Kier alpha value is -1.46. The van der Waals surface area contributed by atoms with Crippen LogP contribution < -0.4 is 5.73 Å². The highest BCUT2D eigenvalue weighted by atomic mass is 16.6. The van der Waals surface area contributed by atoms with Crippen LogP contribution in [0.25, 0.3) is 0 Å². The Kier molecular flexibility index (Phi) is 3.40. The van der Waals surface area contributed by atoms with Gasteiger partial charge >= 0.3 is 0 Å². The molecule has 2 unspecified atom stereocenters. The molecule has 0 saturated carbocycles. The molecule has 1 fully saturated rings. The monoisotopic (exact) mass is 235 g/mol. The maximum Gasteiger partial charge on any atom is 0.269 e. The van der Waals surface area contributed by atoms with Crippen molar-refractivity contribution in [2.75, 3.05) is 13.1 Å². The Morgan fingerprint density at radius 1 is 1.41 bits per heavy atom. The zero-order chi connectivity index (χ0) is 12.4. The van der Waals surface area contributed by atoms with Gasteiger partial charge in [0.25, 0.3) is 5.69 Å². The van der Waals surface area contributed by atoms with Crippen LogP contribution in [-0.4, -0.2) is 29.0 Å². The number of hydrogen-bond acceptors (Lipinski definition) is 4. The molecule has 0 spiro atoms. The Bertz CT molecular complexity index is 395. The molecule has 0 radical (unpaired) electrons. The smallest absolute Gasteiger partial charge is 0.269 e. The normalized spacial score (nSPS) is 25.1. The first-order valence-electron chi connectivity index (χ1n) is 5.77. The summed E-state index contributed by atoms with van der Waals surface area (Å²) in [7, 11) is 0. The predicted octanol–water partition coefficient (Wildman–Crippen LogP) is 1.37. The third kappa shape index (κ3) is 2.81. The van der Waals surface area contributed by atoms with Crippen molar-refractivity contribution in [3.63, 3.8) is 0 Å². The Morgan fingerprint density at radius 2 is 2.06 bits per heavy atom. The average molecular weight is 235 g/mol. The van der Waals surface area contributed by atoms with Crippen LogP contribution in [0, 0.1) is 16.0 Å². The van der Waals surface area contributed by atoms with E-state index < -0.39 is 0 Å². The molecule has 92 valence electrons. The van der Waals surface area contributed by atoms with E-state index in [-0.39, 0.29) is 16.7 Å². The third-order valence-corrected chi connectivity index (χ3v) is 3.30. The molecule has 1 aliphatic heterocycles. The van der Waals surface area contributed by atoms with E-state index in [9.17, 15) is 10.1 Å². The summed E-state index contributed by atoms with van der Waals surface area (Å²) in [6.45, 7) is 4.87. The third-order valence-electron chi connectivity index (χ3n) is 3.30. The minimum Gasteiger partial charge on any atom is -0.326 e. The Labute approximate surface area is 100 Å². The first-order chi connectivity index (χ1) is 8.06. The van der Waals surface area contributed by atoms with Gasteiger partial charge in [0.15, 0.2) is 0 Å². The number of benzene rings is 1. The molecule has 1 aromatic carbocycles. The largest absolute Gasteiger partial charge is 0.326 e. The minimum absolute atomic E-state index is 0.139. The number of likely N-dealkylation sites (tertiary alicyclic amines) is 1. The van der Waals surface area contributed by atoms with Crippen molar-refractivity contribution in [1.29, 1.82) is 0 Å². The topological polar surface area (TPSA) is 72.4 Å². The van der Waals surface area contributed by atoms with Crippen LogP contribution >= 0.6 is 0 Å². The van der Waals surface area contributed by atoms with Crippen LogP contribution in [0.2, 0.25) is 0 Å². The summed E-state index contributed by atoms with van der Waals surface area (Å²) >= 11 is 0. The van der Waals surface area contributed by atoms with Gasteiger partial charge in [-0.15, -0.1) is 0 Å². The van der Waals surface area contributed by atoms with Crippen molar-refractivity contribution in [2.45, 2.75) is 19.5 Å². The first-order valence-corrected chi connectivity index (χ1v) is 5.77. The lowest BCUT2D eigenvalue weighted by Crippen LogP contribution is -2.28. The number of nitro benzene ring substituents is 1. The number of nitro groups is 1. The number of hydrogen-bond donors (Lipinski definition) is 1. The number of nitrogens with zero attached hydrogens (tertiary/aromatic N) is 2. The van der Waals surface area contributed by atoms with Gasteiger partial charge in [-0.2, -0.15) is 0 Å². The molecule has 5 nitrogen and oxygen atoms in total. The average Bonchev–Trinajstić information content (AvgIpc) is 2.58. The molecular weight excluding hydrogens is 218 g/mol. The van der Waals surface area contributed by atoms with Crippen molar-refractivity contribution in [3.8, 4) is 0 Å². The SMILES string of the molecule is CC1CN(Cc2ccc([N+](=O)[O-])cc2)CC1N. The lowest BCUT2D eigenvalue weighted by molar-refractivity contribution is -0.384. The number of nitrogens with two attached hydrogens (primary N) is 1. The van der Waals surface area contributed by atoms with E-state index in [4.69, 9.17) is 5.73 Å². The molecule has 0 aromatic heterocycles. The molecular formula is C12H17N3O2. The van der Waals surface area contributed by atoms with E-state index in [2.05, 4.69) is 11.8 Å². The highest BCUT2D eigenvalue weighted by Crippen LogP contribution is 2.18. The fraction of sp³-hybridized carbons (Fsp3) is 0.500. The molecule has 2 rings (SSSR count). The molecule has 1 aliphatic rings. The predicted molar refractivity (Wildman–Crippen MR) is 65.5 cm³/mol. The van der Waals surface area contributed by atoms with Crippen LogP contribution in [0.15, 0.2) is 24.3 Å². The summed E-state index contributed by atoms with van der Waals surface area (Å²) in [6, 6.07) is 6.97. The number of non-ortho nitro benzene ring substituents is 1. The number of rotatable bonds is 3. The summed E-state index contributed by atoms with van der Waals surface area (Å²) < 4.78 is 0. The highest BCUT2D eigenvalue weighted by molar-refractivity contribution is 5.32. The summed E-state index contributed by atoms with van der Waals surface area (Å²) in [6.07, 6.45) is 0. The van der Waals surface area contributed by atoms with Crippen molar-refractivity contribution in [3.05, 3.63) is 39.9 Å². The first kappa shape index (κ1) is 12.0. The molecule has 1 saturated heterocycles. The van der Waals surface area contributed by atoms with Crippen molar-refractivity contribution in [2.24, 2.45) is 11.7 Å². The standard InChI is InChI=1S/C12H17N3O2/c1-9-6-14(8-12(9)13)7-10-2-4-11(5-3-10)15(16)17/h2-5,9,12H,6-8,13H2,1H3. The summed E-state index contributed by atoms with van der Waals surface area (Å²) in [5.41, 5.74) is 7.19. The van der Waals surface area contributed by atoms with E-state index in [1.54, 1.807) is 12.1 Å². The van der Waals surface area contributed by atoms with Crippen molar-refractivity contribution >= 4 is 5.69 Å². The lowest BCUT2D eigenvalue weighted by Gasteiger charge is -2.14. The van der Waals surface area contributed by atoms with Gasteiger partial charge in [0.1, 0.15) is 0 Å². The van der Waals surface area contributed by atoms with Crippen LogP contribution in [0.5, 0.6) is 0 Å². The molecule has 17 heavy (non-hydrogen) atoms. The molecule has 1 heterocycles. The highest BCUT2D eigenvalue weighted by Gasteiger charge is 2.26. The quantitative estimate of drug-likeness (QED) is 0.634. The van der Waals surface area contributed by atoms with E-state index in [0.717, 1.165) is 25.2 Å².